The van der Waals surface area contributed by atoms with Crippen LogP contribution < -0.4 is 10.6 Å². The van der Waals surface area contributed by atoms with Crippen LogP contribution in [0, 0.1) is 11.6 Å². The summed E-state index contributed by atoms with van der Waals surface area (Å²) in [5.74, 6) is -2.25. The Kier molecular flexibility index (Phi) is 8.97. The number of benzene rings is 2. The molecule has 0 saturated carbocycles. The molecule has 9 nitrogen and oxygen atoms in total. The zero-order valence-electron chi connectivity index (χ0n) is 22.8. The molecule has 4 aromatic rings. The molecule has 1 atom stereocenters. The lowest BCUT2D eigenvalue weighted by atomic mass is 10.1. The highest BCUT2D eigenvalue weighted by molar-refractivity contribution is 8.00. The maximum absolute atomic E-state index is 14.1. The van der Waals surface area contributed by atoms with Crippen LogP contribution in [-0.2, 0) is 28.9 Å². The first-order valence-electron chi connectivity index (χ1n) is 13.3. The van der Waals surface area contributed by atoms with Crippen LogP contribution in [0.15, 0.2) is 53.7 Å². The van der Waals surface area contributed by atoms with Crippen molar-refractivity contribution in [3.8, 4) is 5.69 Å². The molecule has 0 radical (unpaired) electrons. The normalized spacial score (nSPS) is 13.0. The minimum atomic E-state index is -0.679. The minimum absolute atomic E-state index is 0.109. The smallest absolute Gasteiger partial charge is 0.341 e. The number of amides is 2. The van der Waals surface area contributed by atoms with Crippen LogP contribution in [0.1, 0.15) is 57.2 Å². The summed E-state index contributed by atoms with van der Waals surface area (Å²) < 4.78 is 34.6. The maximum Gasteiger partial charge on any atom is 0.341 e. The van der Waals surface area contributed by atoms with Crippen molar-refractivity contribution in [2.45, 2.75) is 50.1 Å². The van der Waals surface area contributed by atoms with Crippen molar-refractivity contribution in [3.63, 3.8) is 0 Å². The molecule has 5 rings (SSSR count). The molecule has 2 aromatic heterocycles. The fourth-order valence-corrected chi connectivity index (χ4v) is 6.74. The highest BCUT2D eigenvalue weighted by Gasteiger charge is 2.30. The molecule has 1 aliphatic rings. The minimum Gasteiger partial charge on any atom is -0.462 e. The summed E-state index contributed by atoms with van der Waals surface area (Å²) in [6.45, 7) is 3.54. The molecule has 0 saturated heterocycles. The second-order valence-electron chi connectivity index (χ2n) is 9.40. The lowest BCUT2D eigenvalue weighted by molar-refractivity contribution is -0.115. The molecule has 13 heteroatoms. The van der Waals surface area contributed by atoms with Gasteiger partial charge in [0.25, 0.3) is 5.91 Å². The molecule has 0 bridgehead atoms. The highest BCUT2D eigenvalue weighted by Crippen LogP contribution is 2.40. The number of carbonyl (C=O) groups excluding carboxylic acids is 3. The lowest BCUT2D eigenvalue weighted by Gasteiger charge is -2.14. The number of ether oxygens (including phenoxy) is 1. The predicted octanol–water partition coefficient (Wildman–Crippen LogP) is 5.32. The third-order valence-electron chi connectivity index (χ3n) is 6.60. The Balaban J connectivity index is 1.36. The number of aromatic nitrogens is 3. The van der Waals surface area contributed by atoms with E-state index in [9.17, 15) is 23.2 Å². The zero-order valence-corrected chi connectivity index (χ0v) is 24.4. The maximum atomic E-state index is 14.1. The number of thiophene rings is 1. The second-order valence-corrected chi connectivity index (χ2v) is 11.8. The van der Waals surface area contributed by atoms with E-state index in [4.69, 9.17) is 4.74 Å². The molecule has 2 heterocycles. The fourth-order valence-electron chi connectivity index (χ4n) is 4.58. The molecule has 2 amide bonds. The van der Waals surface area contributed by atoms with Gasteiger partial charge in [-0.05, 0) is 75.1 Å². The number of hydrogen-bond donors (Lipinski definition) is 2. The van der Waals surface area contributed by atoms with Crippen LogP contribution in [0.4, 0.5) is 13.8 Å². The first kappa shape index (κ1) is 29.4. The predicted molar refractivity (Wildman–Crippen MR) is 155 cm³/mol. The Morgan fingerprint density at radius 1 is 1.10 bits per heavy atom. The van der Waals surface area contributed by atoms with Crippen LogP contribution in [0.2, 0.25) is 0 Å². The number of esters is 1. The van der Waals surface area contributed by atoms with Gasteiger partial charge in [0.1, 0.15) is 16.6 Å². The summed E-state index contributed by atoms with van der Waals surface area (Å²) in [5.41, 5.74) is 1.74. The number of hydrogen-bond acceptors (Lipinski definition) is 8. The molecule has 42 heavy (non-hydrogen) atoms. The van der Waals surface area contributed by atoms with E-state index in [2.05, 4.69) is 20.8 Å². The number of halogens is 2. The van der Waals surface area contributed by atoms with E-state index < -0.39 is 28.8 Å². The van der Waals surface area contributed by atoms with E-state index >= 15 is 0 Å². The molecule has 0 aliphatic heterocycles. The molecular weight excluding hydrogens is 584 g/mol. The number of anilines is 1. The van der Waals surface area contributed by atoms with Gasteiger partial charge in [-0.15, -0.1) is 21.5 Å². The summed E-state index contributed by atoms with van der Waals surface area (Å²) in [7, 11) is 0. The molecule has 0 spiro atoms. The van der Waals surface area contributed by atoms with E-state index in [1.165, 1.54) is 53.8 Å². The lowest BCUT2D eigenvalue weighted by Crippen LogP contribution is -2.26. The van der Waals surface area contributed by atoms with Gasteiger partial charge in [-0.1, -0.05) is 23.9 Å². The Hall–Kier alpha value is -4.10. The Bertz CT molecular complexity index is 1640. The van der Waals surface area contributed by atoms with Crippen molar-refractivity contribution in [3.05, 3.63) is 87.6 Å². The number of thioether (sulfide) groups is 1. The number of rotatable bonds is 10. The standard InChI is InChI=1S/C29H27F2N5O4S2/c1-3-40-28(39)24-20-8-6-10-22(20)42-27(24)33-25(37)16(2)41-29-35-34-23(36(29)18-13-11-17(30)12-14-18)15-32-26(38)19-7-4-5-9-21(19)31/h4-5,7,9,11-14,16H,3,6,8,10,15H2,1-2H3,(H,32,38)(H,33,37)/t16-/m1/s1. The van der Waals surface area contributed by atoms with Gasteiger partial charge in [-0.25, -0.2) is 13.6 Å². The molecule has 2 N–H and O–H groups in total. The summed E-state index contributed by atoms with van der Waals surface area (Å²) in [6, 6.07) is 11.2. The van der Waals surface area contributed by atoms with Crippen molar-refractivity contribution in [1.82, 2.24) is 20.1 Å². The van der Waals surface area contributed by atoms with E-state index in [-0.39, 0.29) is 24.6 Å². The Morgan fingerprint density at radius 3 is 2.60 bits per heavy atom. The van der Waals surface area contributed by atoms with Gasteiger partial charge in [0.05, 0.1) is 29.5 Å². The topological polar surface area (TPSA) is 115 Å². The molecule has 1 aliphatic carbocycles. The van der Waals surface area contributed by atoms with E-state index in [0.29, 0.717) is 27.2 Å². The molecule has 0 fully saturated rings. The third-order valence-corrected chi connectivity index (χ3v) is 8.85. The van der Waals surface area contributed by atoms with Gasteiger partial charge < -0.3 is 15.4 Å². The van der Waals surface area contributed by atoms with Crippen LogP contribution in [0.3, 0.4) is 0 Å². The molecule has 0 unspecified atom stereocenters. The van der Waals surface area contributed by atoms with Gasteiger partial charge in [0.15, 0.2) is 11.0 Å². The zero-order chi connectivity index (χ0) is 29.8. The summed E-state index contributed by atoms with van der Waals surface area (Å²) in [5, 5.41) is 14.1. The van der Waals surface area contributed by atoms with Crippen molar-refractivity contribution in [1.29, 1.82) is 0 Å². The molecular formula is C29H27F2N5O4S2. The SMILES string of the molecule is CCOC(=O)c1c(NC(=O)[C@@H](C)Sc2nnc(CNC(=O)c3ccccc3F)n2-c2ccc(F)cc2)sc2c1CCC2. The van der Waals surface area contributed by atoms with Gasteiger partial charge in [0, 0.05) is 10.6 Å². The first-order chi connectivity index (χ1) is 20.3. The molecule has 2 aromatic carbocycles. The van der Waals surface area contributed by atoms with Crippen LogP contribution in [-0.4, -0.2) is 44.4 Å². The van der Waals surface area contributed by atoms with E-state index in [1.54, 1.807) is 24.5 Å². The van der Waals surface area contributed by atoms with E-state index in [1.807, 2.05) is 0 Å². The fraction of sp³-hybridized carbons (Fsp3) is 0.276. The Labute approximate surface area is 248 Å². The Morgan fingerprint density at radius 2 is 1.86 bits per heavy atom. The number of nitrogens with zero attached hydrogens (tertiary/aromatic N) is 3. The van der Waals surface area contributed by atoms with Crippen molar-refractivity contribution in [2.24, 2.45) is 0 Å². The van der Waals surface area contributed by atoms with E-state index in [0.717, 1.165) is 41.5 Å². The van der Waals surface area contributed by atoms with Crippen molar-refractivity contribution >= 4 is 45.9 Å². The quantitative estimate of drug-likeness (QED) is 0.184. The van der Waals surface area contributed by atoms with Gasteiger partial charge in [-0.2, -0.15) is 0 Å². The third kappa shape index (κ3) is 6.21. The summed E-state index contributed by atoms with van der Waals surface area (Å²) in [4.78, 5) is 39.7. The average Bonchev–Trinajstić information content (AvgIpc) is 3.67. The number of fused-ring (bicyclic) bond motifs is 1. The monoisotopic (exact) mass is 611 g/mol. The first-order valence-corrected chi connectivity index (χ1v) is 15.0. The van der Waals surface area contributed by atoms with Crippen molar-refractivity contribution in [2.75, 3.05) is 11.9 Å². The highest BCUT2D eigenvalue weighted by atomic mass is 32.2. The van der Waals surface area contributed by atoms with Crippen LogP contribution >= 0.6 is 23.1 Å². The number of aryl methyl sites for hydroxylation is 1. The van der Waals surface area contributed by atoms with Crippen LogP contribution in [0.25, 0.3) is 5.69 Å². The van der Waals surface area contributed by atoms with Gasteiger partial charge in [-0.3, -0.25) is 14.2 Å². The van der Waals surface area contributed by atoms with Crippen molar-refractivity contribution < 1.29 is 27.9 Å². The number of carbonyl (C=O) groups is 3. The van der Waals surface area contributed by atoms with Gasteiger partial charge in [0.2, 0.25) is 5.91 Å². The van der Waals surface area contributed by atoms with Crippen LogP contribution in [0.5, 0.6) is 0 Å². The summed E-state index contributed by atoms with van der Waals surface area (Å²) >= 11 is 2.50. The average molecular weight is 612 g/mol. The second kappa shape index (κ2) is 12.8. The summed E-state index contributed by atoms with van der Waals surface area (Å²) in [6.07, 6.45) is 2.57. The number of nitrogens with one attached hydrogen (secondary N) is 2. The largest absolute Gasteiger partial charge is 0.462 e. The molecule has 218 valence electrons. The van der Waals surface area contributed by atoms with Gasteiger partial charge >= 0.3 is 5.97 Å².